The van der Waals surface area contributed by atoms with E-state index >= 15 is 0 Å². The fraction of sp³-hybridized carbons (Fsp3) is 0. The van der Waals surface area contributed by atoms with Crippen molar-refractivity contribution in [3.05, 3.63) is 82.4 Å². The standard InChI is InChI=1S/2C9H7NO2.C2H2.Ac/c11-8-5-1-3-7-4-2-6-10(12)9(7)8;11-7-3-1-2-6-4-5-8(12)10-9(6)7;1-2;/h1-6,11H;1-5,11H,(H,10,12);1-2H;. The van der Waals surface area contributed by atoms with E-state index in [1.807, 2.05) is 6.07 Å². The zero-order valence-corrected chi connectivity index (χ0v) is 19.0. The zero-order valence-electron chi connectivity index (χ0n) is 14.2. The second-order valence-electron chi connectivity index (χ2n) is 5.11. The number of benzene rings is 2. The van der Waals surface area contributed by atoms with Gasteiger partial charge in [0.25, 0.3) is 5.52 Å². The van der Waals surface area contributed by atoms with Gasteiger partial charge in [0.2, 0.25) is 5.56 Å². The molecule has 7 heteroatoms. The molecule has 27 heavy (non-hydrogen) atoms. The summed E-state index contributed by atoms with van der Waals surface area (Å²) in [5.74, 6) is 0.119. The smallest absolute Gasteiger partial charge is 0.265 e. The van der Waals surface area contributed by atoms with Crippen LogP contribution in [0.1, 0.15) is 0 Å². The van der Waals surface area contributed by atoms with Crippen molar-refractivity contribution >= 4 is 21.8 Å². The van der Waals surface area contributed by atoms with Crippen molar-refractivity contribution in [3.8, 4) is 24.3 Å². The van der Waals surface area contributed by atoms with Gasteiger partial charge in [-0.15, -0.1) is 12.8 Å². The molecule has 6 nitrogen and oxygen atoms in total. The maximum absolute atomic E-state index is 11.2. The number of phenols is 2. The Morgan fingerprint density at radius 3 is 2.11 bits per heavy atom. The summed E-state index contributed by atoms with van der Waals surface area (Å²) in [6.07, 6.45) is 9.36. The number of hydrogen-bond acceptors (Lipinski definition) is 4. The molecule has 0 atom stereocenters. The Labute approximate surface area is 191 Å². The molecule has 4 rings (SSSR count). The molecular weight excluding hydrogens is 559 g/mol. The number of H-pyrrole nitrogens is 1. The SMILES string of the molecule is C#C.O=c1ccc2cccc(O)c2[nH]1.[Ac].[O-][n+]1cccc2cccc(O)c21. The van der Waals surface area contributed by atoms with Crippen LogP contribution in [0.4, 0.5) is 0 Å². The van der Waals surface area contributed by atoms with E-state index in [0.29, 0.717) is 15.8 Å². The van der Waals surface area contributed by atoms with Gasteiger partial charge in [-0.1, -0.05) is 18.2 Å². The van der Waals surface area contributed by atoms with Gasteiger partial charge in [-0.2, -0.15) is 4.73 Å². The molecule has 3 N–H and O–H groups in total. The van der Waals surface area contributed by atoms with Gasteiger partial charge in [-0.25, -0.2) is 0 Å². The zero-order chi connectivity index (χ0) is 19.1. The van der Waals surface area contributed by atoms with Crippen LogP contribution in [0.2, 0.25) is 0 Å². The van der Waals surface area contributed by atoms with E-state index < -0.39 is 0 Å². The Hall–Kier alpha value is -2.54. The van der Waals surface area contributed by atoms with E-state index in [9.17, 15) is 20.2 Å². The van der Waals surface area contributed by atoms with E-state index in [-0.39, 0.29) is 61.1 Å². The Morgan fingerprint density at radius 1 is 0.852 bits per heavy atom. The number of aromatic amines is 1. The van der Waals surface area contributed by atoms with Gasteiger partial charge in [-0.05, 0) is 30.3 Å². The minimum atomic E-state index is -0.205. The van der Waals surface area contributed by atoms with Crippen LogP contribution in [0.25, 0.3) is 21.8 Å². The number of nitrogens with one attached hydrogen (secondary N) is 1. The number of phenolic OH excluding ortho intramolecular Hbond substituents is 2. The van der Waals surface area contributed by atoms with Crippen molar-refractivity contribution in [2.75, 3.05) is 0 Å². The van der Waals surface area contributed by atoms with Crippen molar-refractivity contribution in [2.45, 2.75) is 0 Å². The van der Waals surface area contributed by atoms with E-state index in [4.69, 9.17) is 0 Å². The minimum absolute atomic E-state index is 0. The average Bonchev–Trinajstić information content (AvgIpc) is 2.65. The van der Waals surface area contributed by atoms with Crippen molar-refractivity contribution in [2.24, 2.45) is 0 Å². The molecule has 0 spiro atoms. The fourth-order valence-electron chi connectivity index (χ4n) is 2.39. The number of aromatic hydroxyl groups is 2. The quantitative estimate of drug-likeness (QED) is 0.171. The molecule has 0 unspecified atom stereocenters. The van der Waals surface area contributed by atoms with Gasteiger partial charge in [-0.3, -0.25) is 4.79 Å². The summed E-state index contributed by atoms with van der Waals surface area (Å²) < 4.78 is 0.657. The van der Waals surface area contributed by atoms with E-state index in [1.165, 1.54) is 24.4 Å². The topological polar surface area (TPSA) is 100 Å². The second-order valence-corrected chi connectivity index (χ2v) is 5.11. The van der Waals surface area contributed by atoms with Crippen LogP contribution in [0.15, 0.2) is 71.7 Å². The molecule has 1 radical (unpaired) electrons. The third-order valence-corrected chi connectivity index (χ3v) is 3.50. The van der Waals surface area contributed by atoms with Crippen LogP contribution in [0.5, 0.6) is 11.5 Å². The molecule has 2 aromatic heterocycles. The van der Waals surface area contributed by atoms with Gasteiger partial charge in [0, 0.05) is 61.6 Å². The molecule has 0 aliphatic heterocycles. The molecule has 2 heterocycles. The first-order valence-corrected chi connectivity index (χ1v) is 7.50. The Bertz CT molecular complexity index is 1090. The predicted octanol–water partition coefficient (Wildman–Crippen LogP) is 2.66. The van der Waals surface area contributed by atoms with Crippen LogP contribution in [-0.4, -0.2) is 15.2 Å². The van der Waals surface area contributed by atoms with Crippen molar-refractivity contribution in [1.29, 1.82) is 0 Å². The number of para-hydroxylation sites is 2. The summed E-state index contributed by atoms with van der Waals surface area (Å²) in [6, 6.07) is 16.6. The summed E-state index contributed by atoms with van der Waals surface area (Å²) in [7, 11) is 0. The first-order chi connectivity index (χ1) is 12.6. The maximum atomic E-state index is 11.2. The molecular formula is C20H16AcN2O4. The molecule has 0 saturated heterocycles. The Morgan fingerprint density at radius 2 is 1.44 bits per heavy atom. The van der Waals surface area contributed by atoms with E-state index in [2.05, 4.69) is 17.8 Å². The third kappa shape index (κ3) is 5.47. The van der Waals surface area contributed by atoms with Gasteiger partial charge in [0.15, 0.2) is 11.9 Å². The first kappa shape index (κ1) is 22.5. The number of hydrogen-bond donors (Lipinski definition) is 3. The van der Waals surface area contributed by atoms with E-state index in [1.54, 1.807) is 36.4 Å². The van der Waals surface area contributed by atoms with Crippen LogP contribution in [-0.2, 0) is 0 Å². The summed E-state index contributed by atoms with van der Waals surface area (Å²) >= 11 is 0. The number of nitrogens with zero attached hydrogens (tertiary/aromatic N) is 1. The third-order valence-electron chi connectivity index (χ3n) is 3.50. The summed E-state index contributed by atoms with van der Waals surface area (Å²) in [4.78, 5) is 13.4. The fourth-order valence-corrected chi connectivity index (χ4v) is 2.39. The van der Waals surface area contributed by atoms with Crippen LogP contribution >= 0.6 is 0 Å². The first-order valence-electron chi connectivity index (χ1n) is 7.50. The largest absolute Gasteiger partial charge is 0.618 e. The summed E-state index contributed by atoms with van der Waals surface area (Å²) in [6.45, 7) is 0. The maximum Gasteiger partial charge on any atom is 0.265 e. The van der Waals surface area contributed by atoms with Crippen LogP contribution in [0, 0.1) is 62.1 Å². The molecule has 133 valence electrons. The number of pyridine rings is 2. The molecule has 2 aromatic carbocycles. The average molecular weight is 575 g/mol. The number of rotatable bonds is 0. The molecule has 0 amide bonds. The Kier molecular flexibility index (Phi) is 8.81. The molecule has 4 aromatic rings. The number of terminal acetylenes is 1. The number of fused-ring (bicyclic) bond motifs is 2. The molecule has 0 aliphatic rings. The van der Waals surface area contributed by atoms with Crippen LogP contribution < -0.4 is 10.3 Å². The van der Waals surface area contributed by atoms with Crippen molar-refractivity contribution < 1.29 is 59.0 Å². The molecule has 0 saturated carbocycles. The van der Waals surface area contributed by atoms with Gasteiger partial charge in [0.1, 0.15) is 5.75 Å². The normalized spacial score (nSPS) is 9.26. The second kappa shape index (κ2) is 10.6. The van der Waals surface area contributed by atoms with Crippen LogP contribution in [0.3, 0.4) is 0 Å². The summed E-state index contributed by atoms with van der Waals surface area (Å²) in [5.41, 5.74) is 0.606. The monoisotopic (exact) mass is 575 g/mol. The molecule has 0 aliphatic carbocycles. The Balaban J connectivity index is 0.000000239. The number of aromatic nitrogens is 2. The molecule has 0 bridgehead atoms. The van der Waals surface area contributed by atoms with Gasteiger partial charge in [0.05, 0.1) is 10.9 Å². The van der Waals surface area contributed by atoms with Gasteiger partial charge >= 0.3 is 0 Å². The van der Waals surface area contributed by atoms with Gasteiger partial charge < -0.3 is 20.4 Å². The summed E-state index contributed by atoms with van der Waals surface area (Å²) in [5, 5.41) is 31.4. The van der Waals surface area contributed by atoms with Crippen molar-refractivity contribution in [1.82, 2.24) is 4.98 Å². The predicted molar refractivity (Wildman–Crippen MR) is 101 cm³/mol. The minimum Gasteiger partial charge on any atom is -0.618 e. The van der Waals surface area contributed by atoms with E-state index in [0.717, 1.165) is 10.8 Å². The van der Waals surface area contributed by atoms with Crippen molar-refractivity contribution in [3.63, 3.8) is 0 Å². The molecule has 0 fully saturated rings.